The van der Waals surface area contributed by atoms with Crippen LogP contribution < -0.4 is 9.30 Å². The third-order valence-electron chi connectivity index (χ3n) is 2.17. The number of hydrogen-bond donors (Lipinski definition) is 2. The fraction of sp³-hybridized carbons (Fsp3) is 0.333. The maximum Gasteiger partial charge on any atom is 0.210 e. The van der Waals surface area contributed by atoms with Crippen molar-refractivity contribution in [1.29, 1.82) is 0 Å². The van der Waals surface area contributed by atoms with Gasteiger partial charge >= 0.3 is 0 Å². The third kappa shape index (κ3) is 4.87. The average molecular weight is 243 g/mol. The summed E-state index contributed by atoms with van der Waals surface area (Å²) in [5.41, 5.74) is 6.17. The maximum atomic E-state index is 3.92. The highest BCUT2D eigenvalue weighted by Gasteiger charge is 2.25. The van der Waals surface area contributed by atoms with E-state index in [1.807, 2.05) is 0 Å². The largest absolute Gasteiger partial charge is 0.344 e. The zero-order valence-electron chi connectivity index (χ0n) is 9.51. The fourth-order valence-corrected chi connectivity index (χ4v) is 11.8. The van der Waals surface area contributed by atoms with Crippen molar-refractivity contribution in [1.82, 2.24) is 9.30 Å². The first-order chi connectivity index (χ1) is 6.47. The first-order valence-electron chi connectivity index (χ1n) is 4.91. The van der Waals surface area contributed by atoms with Crippen LogP contribution in [0.15, 0.2) is 36.8 Å². The summed E-state index contributed by atoms with van der Waals surface area (Å²) >= 11 is 0. The Kier molecular flexibility index (Phi) is 6.21. The Bertz CT molecular complexity index is 202. The van der Waals surface area contributed by atoms with E-state index in [-0.39, 0.29) is 0 Å². The molecule has 2 N–H and O–H groups in total. The van der Waals surface area contributed by atoms with Gasteiger partial charge < -0.3 is 9.30 Å². The third-order valence-corrected chi connectivity index (χ3v) is 12.8. The lowest BCUT2D eigenvalue weighted by molar-refractivity contribution is 1.27. The fourth-order valence-electron chi connectivity index (χ4n) is 1.22. The molecule has 5 heteroatoms. The van der Waals surface area contributed by atoms with Crippen LogP contribution in [-0.2, 0) is 0 Å². The predicted molar refractivity (Wildman–Crippen MR) is 74.5 cm³/mol. The van der Waals surface area contributed by atoms with Crippen molar-refractivity contribution in [2.75, 3.05) is 0 Å². The maximum absolute atomic E-state index is 3.92. The monoisotopic (exact) mass is 242 g/mol. The number of rotatable bonds is 7. The second kappa shape index (κ2) is 6.31. The molecular formula is C9H22N2Si3. The molecule has 0 aliphatic heterocycles. The SMILES string of the molecule is C=C[SiH](C)N[Si](C)(C=C)N[SiH](C)C=C. The molecule has 0 fully saturated rings. The summed E-state index contributed by atoms with van der Waals surface area (Å²) < 4.78 is 7.35. The Hall–Kier alpha value is -0.209. The van der Waals surface area contributed by atoms with E-state index in [1.165, 1.54) is 0 Å². The van der Waals surface area contributed by atoms with Gasteiger partial charge in [0.05, 0.1) is 0 Å². The molecule has 0 radical (unpaired) electrons. The number of nitrogens with one attached hydrogen (secondary N) is 2. The van der Waals surface area contributed by atoms with E-state index < -0.39 is 26.3 Å². The Balaban J connectivity index is 4.38. The minimum absolute atomic E-state index is 0.964. The predicted octanol–water partition coefficient (Wildman–Crippen LogP) is 1.12. The Morgan fingerprint density at radius 1 is 1.00 bits per heavy atom. The van der Waals surface area contributed by atoms with Crippen molar-refractivity contribution in [2.24, 2.45) is 0 Å². The topological polar surface area (TPSA) is 24.1 Å². The van der Waals surface area contributed by atoms with Gasteiger partial charge in [-0.25, -0.2) is 0 Å². The summed E-state index contributed by atoms with van der Waals surface area (Å²) in [5.74, 6) is 0. The molecule has 14 heavy (non-hydrogen) atoms. The molecule has 0 aromatic heterocycles. The van der Waals surface area contributed by atoms with Crippen LogP contribution in [0.5, 0.6) is 0 Å². The van der Waals surface area contributed by atoms with Crippen molar-refractivity contribution < 1.29 is 0 Å². The smallest absolute Gasteiger partial charge is 0.210 e. The first-order valence-corrected chi connectivity index (χ1v) is 12.3. The Morgan fingerprint density at radius 2 is 1.36 bits per heavy atom. The summed E-state index contributed by atoms with van der Waals surface area (Å²) in [4.78, 5) is 0. The van der Waals surface area contributed by atoms with E-state index in [0.29, 0.717) is 0 Å². The van der Waals surface area contributed by atoms with E-state index in [0.717, 1.165) is 0 Å². The Labute approximate surface area is 92.3 Å². The molecule has 0 aliphatic carbocycles. The molecule has 0 bridgehead atoms. The molecule has 2 nitrogen and oxygen atoms in total. The quantitative estimate of drug-likeness (QED) is 0.654. The Morgan fingerprint density at radius 3 is 1.57 bits per heavy atom. The highest BCUT2D eigenvalue weighted by molar-refractivity contribution is 6.93. The molecular weight excluding hydrogens is 220 g/mol. The standard InChI is InChI=1S/C9H22N2Si3/c1-7-12(4)10-14(6,9-3)11-13(5)8-2/h7-13H,1-3H2,4-6H3. The molecule has 0 aliphatic rings. The molecule has 80 valence electrons. The lowest BCUT2D eigenvalue weighted by Crippen LogP contribution is -2.65. The van der Waals surface area contributed by atoms with Gasteiger partial charge in [0, 0.05) is 0 Å². The van der Waals surface area contributed by atoms with Crippen LogP contribution in [-0.4, -0.2) is 26.3 Å². The normalized spacial score (nSPS) is 19.1. The van der Waals surface area contributed by atoms with Gasteiger partial charge in [0.2, 0.25) is 8.40 Å². The van der Waals surface area contributed by atoms with E-state index in [1.54, 1.807) is 0 Å². The van der Waals surface area contributed by atoms with Crippen LogP contribution in [0, 0.1) is 0 Å². The van der Waals surface area contributed by atoms with Crippen LogP contribution in [0.3, 0.4) is 0 Å². The van der Waals surface area contributed by atoms with Crippen molar-refractivity contribution in [2.45, 2.75) is 19.6 Å². The van der Waals surface area contributed by atoms with Gasteiger partial charge in [0.15, 0.2) is 0 Å². The van der Waals surface area contributed by atoms with Crippen LogP contribution in [0.2, 0.25) is 19.6 Å². The second-order valence-electron chi connectivity index (χ2n) is 3.74. The van der Waals surface area contributed by atoms with Crippen molar-refractivity contribution >= 4 is 26.3 Å². The summed E-state index contributed by atoms with van der Waals surface area (Å²) in [6, 6.07) is 0. The highest BCUT2D eigenvalue weighted by Crippen LogP contribution is 1.97. The molecule has 0 amide bonds. The van der Waals surface area contributed by atoms with Crippen molar-refractivity contribution in [3.63, 3.8) is 0 Å². The molecule has 0 aromatic rings. The second-order valence-corrected chi connectivity index (χ2v) is 13.0. The molecule has 0 heterocycles. The minimum atomic E-state index is -1.65. The van der Waals surface area contributed by atoms with Gasteiger partial charge in [-0.2, -0.15) is 0 Å². The molecule has 0 saturated carbocycles. The average Bonchev–Trinajstić information content (AvgIpc) is 2.17. The molecule has 2 unspecified atom stereocenters. The van der Waals surface area contributed by atoms with Gasteiger partial charge in [0.25, 0.3) is 0 Å². The lowest BCUT2D eigenvalue weighted by Gasteiger charge is -2.30. The van der Waals surface area contributed by atoms with Crippen LogP contribution in [0.4, 0.5) is 0 Å². The first kappa shape index (κ1) is 13.8. The molecule has 0 saturated heterocycles. The van der Waals surface area contributed by atoms with E-state index in [4.69, 9.17) is 0 Å². The van der Waals surface area contributed by atoms with Crippen LogP contribution in [0.25, 0.3) is 0 Å². The lowest BCUT2D eigenvalue weighted by atomic mass is 11.3. The number of hydrogen-bond acceptors (Lipinski definition) is 2. The van der Waals surface area contributed by atoms with Gasteiger partial charge in [-0.15, -0.1) is 19.7 Å². The van der Waals surface area contributed by atoms with Crippen molar-refractivity contribution in [3.8, 4) is 0 Å². The summed E-state index contributed by atoms with van der Waals surface area (Å²) in [5, 5.41) is 0. The van der Waals surface area contributed by atoms with Crippen LogP contribution >= 0.6 is 0 Å². The summed E-state index contributed by atoms with van der Waals surface area (Å²) in [6.07, 6.45) is 0. The van der Waals surface area contributed by atoms with Gasteiger partial charge in [-0.05, 0) is 6.55 Å². The minimum Gasteiger partial charge on any atom is -0.344 e. The van der Waals surface area contributed by atoms with E-state index >= 15 is 0 Å². The summed E-state index contributed by atoms with van der Waals surface area (Å²) in [6.45, 7) is 18.3. The van der Waals surface area contributed by atoms with E-state index in [9.17, 15) is 0 Å². The van der Waals surface area contributed by atoms with Crippen molar-refractivity contribution in [3.05, 3.63) is 36.8 Å². The zero-order valence-corrected chi connectivity index (χ0v) is 12.8. The molecule has 0 rings (SSSR count). The van der Waals surface area contributed by atoms with Gasteiger partial charge in [0.1, 0.15) is 17.9 Å². The molecule has 0 aromatic carbocycles. The summed E-state index contributed by atoms with van der Waals surface area (Å²) in [7, 11) is -3.57. The van der Waals surface area contributed by atoms with Gasteiger partial charge in [-0.1, -0.05) is 30.2 Å². The van der Waals surface area contributed by atoms with Crippen LogP contribution in [0.1, 0.15) is 0 Å². The highest BCUT2D eigenvalue weighted by atomic mass is 28.4. The van der Waals surface area contributed by atoms with Gasteiger partial charge in [-0.3, -0.25) is 0 Å². The van der Waals surface area contributed by atoms with E-state index in [2.05, 4.69) is 65.8 Å². The zero-order chi connectivity index (χ0) is 11.2. The molecule has 0 spiro atoms. The molecule has 2 atom stereocenters.